The number of aromatic nitrogens is 1. The fourth-order valence-corrected chi connectivity index (χ4v) is 4.38. The Morgan fingerprint density at radius 2 is 1.76 bits per heavy atom. The molecule has 1 aromatic carbocycles. The van der Waals surface area contributed by atoms with Gasteiger partial charge in [-0.2, -0.15) is 0 Å². The summed E-state index contributed by atoms with van der Waals surface area (Å²) in [7, 11) is 3.70. The molecule has 1 saturated heterocycles. The van der Waals surface area contributed by atoms with Gasteiger partial charge in [-0.1, -0.05) is 13.8 Å². The molecule has 1 atom stereocenters. The molecule has 2 aromatic rings. The van der Waals surface area contributed by atoms with Gasteiger partial charge < -0.3 is 19.9 Å². The van der Waals surface area contributed by atoms with Crippen LogP contribution in [-0.4, -0.2) is 64.7 Å². The van der Waals surface area contributed by atoms with Gasteiger partial charge in [0.1, 0.15) is 5.54 Å². The number of hydrogen-bond acceptors (Lipinski definition) is 6. The molecule has 1 fully saturated rings. The Kier molecular flexibility index (Phi) is 8.35. The summed E-state index contributed by atoms with van der Waals surface area (Å²) in [5.74, 6) is -1.68. The van der Waals surface area contributed by atoms with E-state index in [9.17, 15) is 27.6 Å². The van der Waals surface area contributed by atoms with Crippen molar-refractivity contribution in [3.63, 3.8) is 0 Å². The minimum absolute atomic E-state index is 0.0314. The van der Waals surface area contributed by atoms with Crippen LogP contribution in [0.3, 0.4) is 0 Å². The van der Waals surface area contributed by atoms with Gasteiger partial charge in [-0.05, 0) is 69.8 Å². The van der Waals surface area contributed by atoms with E-state index >= 15 is 0 Å². The predicted octanol–water partition coefficient (Wildman–Crippen LogP) is 4.64. The van der Waals surface area contributed by atoms with E-state index in [4.69, 9.17) is 0 Å². The van der Waals surface area contributed by atoms with Crippen LogP contribution in [0.25, 0.3) is 0 Å². The lowest BCUT2D eigenvalue weighted by molar-refractivity contribution is -0.274. The number of rotatable bonds is 9. The Morgan fingerprint density at radius 3 is 2.32 bits per heavy atom. The molecule has 0 spiro atoms. The molecular formula is C26H32F3N5O4. The van der Waals surface area contributed by atoms with Crippen molar-refractivity contribution in [2.75, 3.05) is 24.3 Å². The average molecular weight is 536 g/mol. The van der Waals surface area contributed by atoms with Crippen LogP contribution in [0, 0.1) is 5.92 Å². The zero-order chi connectivity index (χ0) is 28.4. The monoisotopic (exact) mass is 535 g/mol. The molecule has 0 aliphatic carbocycles. The van der Waals surface area contributed by atoms with Crippen molar-refractivity contribution in [1.29, 1.82) is 0 Å². The number of urea groups is 1. The highest BCUT2D eigenvalue weighted by atomic mass is 19.4. The third kappa shape index (κ3) is 6.42. The van der Waals surface area contributed by atoms with Gasteiger partial charge >= 0.3 is 12.4 Å². The van der Waals surface area contributed by atoms with E-state index in [1.165, 1.54) is 37.2 Å². The number of pyridine rings is 1. The highest BCUT2D eigenvalue weighted by Gasteiger charge is 2.53. The molecule has 206 valence electrons. The normalized spacial score (nSPS) is 16.4. The zero-order valence-electron chi connectivity index (χ0n) is 22.2. The lowest BCUT2D eigenvalue weighted by Crippen LogP contribution is -2.43. The van der Waals surface area contributed by atoms with E-state index in [0.717, 1.165) is 12.1 Å². The summed E-state index contributed by atoms with van der Waals surface area (Å²) in [6.45, 7) is 7.01. The van der Waals surface area contributed by atoms with Crippen LogP contribution in [0.1, 0.15) is 39.7 Å². The molecule has 12 heteroatoms. The van der Waals surface area contributed by atoms with Crippen molar-refractivity contribution in [2.24, 2.45) is 5.92 Å². The average Bonchev–Trinajstić information content (AvgIpc) is 2.97. The number of halogens is 3. The number of carbonyl (C=O) groups excluding carboxylic acids is 3. The second-order valence-electron chi connectivity index (χ2n) is 10.2. The first kappa shape index (κ1) is 28.9. The van der Waals surface area contributed by atoms with Gasteiger partial charge in [-0.25, -0.2) is 9.69 Å². The van der Waals surface area contributed by atoms with Crippen molar-refractivity contribution in [3.8, 4) is 5.75 Å². The summed E-state index contributed by atoms with van der Waals surface area (Å²) < 4.78 is 43.8. The van der Waals surface area contributed by atoms with Crippen LogP contribution < -0.4 is 15.0 Å². The summed E-state index contributed by atoms with van der Waals surface area (Å²) >= 11 is 0. The highest BCUT2D eigenvalue weighted by molar-refractivity contribution is 6.23. The summed E-state index contributed by atoms with van der Waals surface area (Å²) in [6, 6.07) is 5.79. The number of nitrogens with zero attached hydrogens (tertiary/aromatic N) is 4. The molecule has 1 unspecified atom stereocenters. The van der Waals surface area contributed by atoms with E-state index in [-0.39, 0.29) is 36.5 Å². The van der Waals surface area contributed by atoms with Gasteiger partial charge in [-0.3, -0.25) is 14.6 Å². The molecule has 38 heavy (non-hydrogen) atoms. The van der Waals surface area contributed by atoms with Crippen LogP contribution >= 0.6 is 0 Å². The number of amides is 4. The van der Waals surface area contributed by atoms with E-state index in [1.54, 1.807) is 12.1 Å². The van der Waals surface area contributed by atoms with Gasteiger partial charge in [-0.15, -0.1) is 13.2 Å². The Labute approximate surface area is 219 Å². The number of alkyl halides is 3. The first-order valence-electron chi connectivity index (χ1n) is 12.0. The topological polar surface area (TPSA) is 95.1 Å². The summed E-state index contributed by atoms with van der Waals surface area (Å²) in [5, 5.41) is 2.67. The molecule has 1 aliphatic rings. The number of benzene rings is 1. The minimum atomic E-state index is -5.08. The summed E-state index contributed by atoms with van der Waals surface area (Å²) in [6.07, 6.45) is -1.88. The van der Waals surface area contributed by atoms with E-state index in [2.05, 4.69) is 15.0 Å². The maximum Gasteiger partial charge on any atom is 0.573 e. The number of hydrogen-bond donors (Lipinski definition) is 1. The van der Waals surface area contributed by atoms with Crippen molar-refractivity contribution >= 4 is 29.2 Å². The Bertz CT molecular complexity index is 1180. The largest absolute Gasteiger partial charge is 0.573 e. The van der Waals surface area contributed by atoms with E-state index in [0.29, 0.717) is 10.5 Å². The number of imide groups is 1. The van der Waals surface area contributed by atoms with Crippen LogP contribution in [0.15, 0.2) is 42.7 Å². The fourth-order valence-electron chi connectivity index (χ4n) is 4.38. The Morgan fingerprint density at radius 1 is 1.13 bits per heavy atom. The fraction of sp³-hybridized carbons (Fsp3) is 0.462. The lowest BCUT2D eigenvalue weighted by Gasteiger charge is -2.27. The number of anilines is 2. The predicted molar refractivity (Wildman–Crippen MR) is 135 cm³/mol. The molecule has 0 radical (unpaired) electrons. The third-order valence-electron chi connectivity index (χ3n) is 6.45. The Balaban J connectivity index is 1.98. The Hall–Kier alpha value is -3.67. The number of nitrogens with one attached hydrogen (secondary N) is 1. The molecule has 3 rings (SSSR count). The van der Waals surface area contributed by atoms with Gasteiger partial charge in [0, 0.05) is 37.1 Å². The van der Waals surface area contributed by atoms with E-state index in [1.807, 2.05) is 32.8 Å². The van der Waals surface area contributed by atoms with Crippen LogP contribution in [0.5, 0.6) is 5.75 Å². The SMILES string of the molecule is CC(C)C(CC(=O)Nc1ccc(OC(F)(F)F)c(N2C(=O)N(Cc3ccncc3)C(C)(C)C2=O)c1)N(C)C. The first-order valence-corrected chi connectivity index (χ1v) is 12.0. The highest BCUT2D eigenvalue weighted by Crippen LogP contribution is 2.41. The molecule has 0 bridgehead atoms. The van der Waals surface area contributed by atoms with Crippen molar-refractivity contribution < 1.29 is 32.3 Å². The number of carbonyl (C=O) groups is 3. The maximum atomic E-state index is 13.5. The quantitative estimate of drug-likeness (QED) is 0.470. The summed E-state index contributed by atoms with van der Waals surface area (Å²) in [5.41, 5.74) is -0.990. The summed E-state index contributed by atoms with van der Waals surface area (Å²) in [4.78, 5) is 47.4. The smallest absolute Gasteiger partial charge is 0.404 e. The molecular weight excluding hydrogens is 503 g/mol. The molecule has 4 amide bonds. The third-order valence-corrected chi connectivity index (χ3v) is 6.45. The zero-order valence-corrected chi connectivity index (χ0v) is 22.2. The van der Waals surface area contributed by atoms with Gasteiger partial charge in [0.25, 0.3) is 5.91 Å². The molecule has 9 nitrogen and oxygen atoms in total. The molecule has 2 heterocycles. The molecule has 0 saturated carbocycles. The van der Waals surface area contributed by atoms with Crippen molar-refractivity contribution in [3.05, 3.63) is 48.3 Å². The van der Waals surface area contributed by atoms with Crippen LogP contribution in [-0.2, 0) is 16.1 Å². The van der Waals surface area contributed by atoms with Gasteiger partial charge in [0.05, 0.1) is 5.69 Å². The molecule has 1 aliphatic heterocycles. The first-order chi connectivity index (χ1) is 17.6. The molecule has 1 aromatic heterocycles. The number of ether oxygens (including phenoxy) is 1. The maximum absolute atomic E-state index is 13.5. The van der Waals surface area contributed by atoms with Gasteiger partial charge in [0.15, 0.2) is 5.75 Å². The van der Waals surface area contributed by atoms with Crippen LogP contribution in [0.4, 0.5) is 29.3 Å². The lowest BCUT2D eigenvalue weighted by atomic mass is 9.99. The van der Waals surface area contributed by atoms with Crippen molar-refractivity contribution in [1.82, 2.24) is 14.8 Å². The second-order valence-corrected chi connectivity index (χ2v) is 10.2. The van der Waals surface area contributed by atoms with E-state index < -0.39 is 35.3 Å². The van der Waals surface area contributed by atoms with Crippen molar-refractivity contribution in [2.45, 2.75) is 58.6 Å². The van der Waals surface area contributed by atoms with Gasteiger partial charge in [0.2, 0.25) is 5.91 Å². The second kappa shape index (κ2) is 11.0. The van der Waals surface area contributed by atoms with Crippen LogP contribution in [0.2, 0.25) is 0 Å². The standard InChI is InChI=1S/C26H32F3N5O4/c1-16(2)19(32(5)6)14-22(35)31-18-7-8-21(38-26(27,28)29)20(13-18)34-23(36)25(3,4)33(24(34)37)15-17-9-11-30-12-10-17/h7-13,16,19H,14-15H2,1-6H3,(H,31,35). The minimum Gasteiger partial charge on any atom is -0.404 e. The molecule has 1 N–H and O–H groups in total.